The fourth-order valence-corrected chi connectivity index (χ4v) is 9.12. The number of fused-ring (bicyclic) bond motifs is 5. The topological polar surface area (TPSA) is 101 Å². The van der Waals surface area contributed by atoms with Gasteiger partial charge in [-0.05, 0) is 104 Å². The summed E-state index contributed by atoms with van der Waals surface area (Å²) >= 11 is 0. The Kier molecular flexibility index (Phi) is 9.16. The van der Waals surface area contributed by atoms with E-state index >= 15 is 0 Å². The van der Waals surface area contributed by atoms with Crippen LogP contribution in [0.2, 0.25) is 0 Å². The molecule has 2 unspecified atom stereocenters. The first-order chi connectivity index (χ1) is 15.0. The fourth-order valence-electron chi connectivity index (χ4n) is 9.12. The molecule has 4 aliphatic carbocycles. The van der Waals surface area contributed by atoms with Crippen LogP contribution in [0.1, 0.15) is 78.6 Å². The van der Waals surface area contributed by atoms with Crippen molar-refractivity contribution in [3.63, 3.8) is 0 Å². The summed E-state index contributed by atoms with van der Waals surface area (Å²) in [6.45, 7) is 10.6. The summed E-state index contributed by atoms with van der Waals surface area (Å²) < 4.78 is 0. The third-order valence-electron chi connectivity index (χ3n) is 11.2. The van der Waals surface area contributed by atoms with Gasteiger partial charge in [-0.2, -0.15) is 0 Å². The molecule has 33 heavy (non-hydrogen) atoms. The molecule has 5 N–H and O–H groups in total. The van der Waals surface area contributed by atoms with E-state index in [0.717, 1.165) is 51.4 Å². The molecule has 4 rings (SSSR count). The Morgan fingerprint density at radius 2 is 1.67 bits per heavy atom. The van der Waals surface area contributed by atoms with Gasteiger partial charge in [-0.1, -0.05) is 20.8 Å². The second-order valence-corrected chi connectivity index (χ2v) is 12.6. The van der Waals surface area contributed by atoms with E-state index in [9.17, 15) is 25.5 Å². The van der Waals surface area contributed by atoms with E-state index in [1.165, 1.54) is 0 Å². The van der Waals surface area contributed by atoms with Gasteiger partial charge in [-0.15, -0.1) is 5.92 Å². The smallest absolute Gasteiger partial charge is 0.399 e. The number of hydrogen-bond acceptors (Lipinski definition) is 5. The third kappa shape index (κ3) is 4.77. The minimum Gasteiger partial charge on any atom is -0.399 e. The van der Waals surface area contributed by atoms with Crippen molar-refractivity contribution in [2.24, 2.45) is 52.3 Å². The van der Waals surface area contributed by atoms with E-state index in [1.807, 2.05) is 0 Å². The summed E-state index contributed by atoms with van der Waals surface area (Å²) in [5.74, 6) is 1.62. The zero-order chi connectivity index (χ0) is 23.4. The maximum atomic E-state index is 11.6. The van der Waals surface area contributed by atoms with Crippen LogP contribution < -0.4 is 29.6 Å². The van der Waals surface area contributed by atoms with Crippen LogP contribution in [0.25, 0.3) is 0 Å². The molecule has 0 radical (unpaired) electrons. The van der Waals surface area contributed by atoms with Gasteiger partial charge in [0, 0.05) is 12.7 Å². The number of rotatable bonds is 6. The summed E-state index contributed by atoms with van der Waals surface area (Å²) in [5.41, 5.74) is -0.0998. The molecule has 5 nitrogen and oxygen atoms in total. The van der Waals surface area contributed by atoms with Gasteiger partial charge in [0.15, 0.2) is 0 Å². The monoisotopic (exact) mass is 474 g/mol. The Hall–Kier alpha value is 0.800. The Labute approximate surface area is 223 Å². The molecule has 0 amide bonds. The van der Waals surface area contributed by atoms with Crippen LogP contribution in [0.5, 0.6) is 0 Å². The van der Waals surface area contributed by atoms with Crippen LogP contribution >= 0.6 is 0 Å². The first-order valence-corrected chi connectivity index (χ1v) is 13.2. The third-order valence-corrected chi connectivity index (χ3v) is 11.2. The van der Waals surface area contributed by atoms with E-state index in [4.69, 9.17) is 0 Å². The van der Waals surface area contributed by atoms with Gasteiger partial charge in [0.05, 0.1) is 18.3 Å². The zero-order valence-corrected chi connectivity index (χ0v) is 23.4. The van der Waals surface area contributed by atoms with E-state index in [0.29, 0.717) is 36.0 Å². The van der Waals surface area contributed by atoms with E-state index in [-0.39, 0.29) is 77.1 Å². The van der Waals surface area contributed by atoms with Crippen molar-refractivity contribution in [1.29, 1.82) is 0 Å². The maximum absolute atomic E-state index is 11.6. The molecule has 186 valence electrons. The second kappa shape index (κ2) is 10.7. The Morgan fingerprint density at radius 3 is 2.33 bits per heavy atom. The summed E-state index contributed by atoms with van der Waals surface area (Å²) in [4.78, 5) is 0. The van der Waals surface area contributed by atoms with Gasteiger partial charge >= 0.3 is 29.6 Å². The molecule has 4 aliphatic rings. The predicted molar refractivity (Wildman–Crippen MR) is 124 cm³/mol. The fraction of sp³-hybridized carbons (Fsp3) is 0.963. The van der Waals surface area contributed by atoms with E-state index in [2.05, 4.69) is 27.7 Å². The summed E-state index contributed by atoms with van der Waals surface area (Å²) in [6, 6.07) is 0. The molecule has 0 aliphatic heterocycles. The van der Waals surface area contributed by atoms with Crippen molar-refractivity contribution in [2.45, 2.75) is 103 Å². The molecule has 6 heteroatoms. The zero-order valence-electron chi connectivity index (χ0n) is 21.4. The van der Waals surface area contributed by atoms with E-state index < -0.39 is 6.10 Å². The van der Waals surface area contributed by atoms with Gasteiger partial charge in [0.1, 0.15) is 0 Å². The maximum Gasteiger partial charge on any atom is 1.00 e. The Morgan fingerprint density at radius 1 is 0.970 bits per heavy atom. The van der Waals surface area contributed by atoms with Crippen molar-refractivity contribution in [3.05, 3.63) is 6.92 Å². The first-order valence-electron chi connectivity index (χ1n) is 13.2. The van der Waals surface area contributed by atoms with Crippen molar-refractivity contribution in [1.82, 2.24) is 0 Å². The van der Waals surface area contributed by atoms with Crippen LogP contribution in [-0.2, 0) is 0 Å². The summed E-state index contributed by atoms with van der Waals surface area (Å²) in [7, 11) is 0. The van der Waals surface area contributed by atoms with Crippen molar-refractivity contribution < 1.29 is 55.1 Å². The SMILES string of the molecule is [CH2-]C(CO)C(O)CC[C@@H](C)[C@H]1CC[C@H]2[C@@H]3[C@H](O)C[C@@H]4C[C@H](O)CC[C@]4(C)[C@H]3C[C@H](O)[C@]12C.[Na+]. The van der Waals surface area contributed by atoms with Gasteiger partial charge in [0.25, 0.3) is 0 Å². The van der Waals surface area contributed by atoms with Crippen LogP contribution in [0.4, 0.5) is 0 Å². The average molecular weight is 475 g/mol. The number of hydrogen-bond donors (Lipinski definition) is 5. The molecule has 0 bridgehead atoms. The molecule has 0 aromatic rings. The summed E-state index contributed by atoms with van der Waals surface area (Å²) in [6.07, 6.45) is 6.24. The molecule has 0 heterocycles. The largest absolute Gasteiger partial charge is 1.00 e. The van der Waals surface area contributed by atoms with Crippen molar-refractivity contribution in [2.75, 3.05) is 6.61 Å². The summed E-state index contributed by atoms with van der Waals surface area (Å²) in [5, 5.41) is 52.8. The van der Waals surface area contributed by atoms with Crippen LogP contribution in [0.15, 0.2) is 0 Å². The normalized spacial score (nSPS) is 49.7. The van der Waals surface area contributed by atoms with Crippen LogP contribution in [0.3, 0.4) is 0 Å². The molecule has 0 aromatic heterocycles. The predicted octanol–water partition coefficient (Wildman–Crippen LogP) is 0.172. The van der Waals surface area contributed by atoms with Gasteiger partial charge in [0.2, 0.25) is 0 Å². The minimum atomic E-state index is -0.591. The molecule has 0 saturated heterocycles. The van der Waals surface area contributed by atoms with Gasteiger partial charge in [-0.3, -0.25) is 0 Å². The molecule has 0 aromatic carbocycles. The molecular weight excluding hydrogens is 427 g/mol. The Balaban J connectivity index is 0.00000306. The molecule has 4 fully saturated rings. The van der Waals surface area contributed by atoms with Crippen molar-refractivity contribution >= 4 is 0 Å². The standard InChI is InChI=1S/C27H47O5.Na/c1-15(5-8-22(30)16(2)14-28)19-6-7-20-25-21(13-24(32)27(19,20)4)26(3)10-9-18(29)11-17(26)12-23(25)31;/h15-25,28-32H,2,5-14H2,1,3-4H3;/q-1;+1/t15-,16?,17+,18-,19-,20+,21+,22?,23-,24+,25+,26+,27-;/m1./s1. The van der Waals surface area contributed by atoms with Crippen LogP contribution in [0, 0.1) is 59.2 Å². The number of aliphatic hydroxyl groups excluding tert-OH is 5. The van der Waals surface area contributed by atoms with Crippen molar-refractivity contribution in [3.8, 4) is 0 Å². The van der Waals surface area contributed by atoms with Gasteiger partial charge < -0.3 is 32.5 Å². The first kappa shape index (κ1) is 28.4. The average Bonchev–Trinajstić information content (AvgIpc) is 3.11. The van der Waals surface area contributed by atoms with Crippen LogP contribution in [-0.4, -0.2) is 56.6 Å². The Bertz CT molecular complexity index is 662. The second-order valence-electron chi connectivity index (χ2n) is 12.6. The van der Waals surface area contributed by atoms with E-state index in [1.54, 1.807) is 0 Å². The van der Waals surface area contributed by atoms with Gasteiger partial charge in [-0.25, -0.2) is 0 Å². The number of aliphatic hydroxyl groups is 5. The molecule has 13 atom stereocenters. The molecule has 4 saturated carbocycles. The molecular formula is C27H47NaO5. The minimum absolute atomic E-state index is 0. The quantitative estimate of drug-likeness (QED) is 0.279. The molecule has 0 spiro atoms.